The number of benzene rings is 1. The molecule has 0 aliphatic rings. The predicted octanol–water partition coefficient (Wildman–Crippen LogP) is 3.74. The Morgan fingerprint density at radius 3 is 2.47 bits per heavy atom. The smallest absolute Gasteiger partial charge is 0.159 e. The van der Waals surface area contributed by atoms with E-state index in [4.69, 9.17) is 9.47 Å². The molecule has 0 bridgehead atoms. The number of ether oxygens (including phenoxy) is 2. The van der Waals surface area contributed by atoms with Crippen LogP contribution in [0.15, 0.2) is 30.3 Å². The molecule has 1 heterocycles. The Morgan fingerprint density at radius 2 is 1.79 bits per heavy atom. The van der Waals surface area contributed by atoms with Crippen molar-refractivity contribution in [3.8, 4) is 0 Å². The molecule has 2 rings (SSSR count). The monoisotopic (exact) mass is 261 g/mol. The molecule has 0 unspecified atom stereocenters. The highest BCUT2D eigenvalue weighted by Gasteiger charge is 2.10. The molecule has 0 radical (unpaired) electrons. The second kappa shape index (κ2) is 6.73. The van der Waals surface area contributed by atoms with Crippen LogP contribution in [-0.2, 0) is 16.0 Å². The molecular weight excluding hydrogens is 238 g/mol. The van der Waals surface area contributed by atoms with Crippen molar-refractivity contribution in [2.24, 2.45) is 0 Å². The van der Waals surface area contributed by atoms with E-state index in [0.29, 0.717) is 13.2 Å². The molecule has 0 aliphatic carbocycles. The number of hydrogen-bond acceptors (Lipinski definition) is 2. The zero-order valence-electron chi connectivity index (χ0n) is 12.1. The van der Waals surface area contributed by atoms with E-state index >= 15 is 0 Å². The lowest BCUT2D eigenvalue weighted by molar-refractivity contribution is -0.140. The van der Waals surface area contributed by atoms with Gasteiger partial charge >= 0.3 is 0 Å². The van der Waals surface area contributed by atoms with Gasteiger partial charge in [-0.25, -0.2) is 0 Å². The van der Waals surface area contributed by atoms with Crippen LogP contribution in [0.2, 0.25) is 0 Å². The van der Waals surface area contributed by atoms with E-state index in [-0.39, 0.29) is 6.29 Å². The Hall–Kier alpha value is -1.32. The van der Waals surface area contributed by atoms with Crippen LogP contribution < -0.4 is 0 Å². The van der Waals surface area contributed by atoms with Crippen molar-refractivity contribution < 1.29 is 9.47 Å². The van der Waals surface area contributed by atoms with Gasteiger partial charge in [0.15, 0.2) is 6.29 Å². The Morgan fingerprint density at radius 1 is 1.11 bits per heavy atom. The third-order valence-corrected chi connectivity index (χ3v) is 3.31. The number of nitrogens with zero attached hydrogens (tertiary/aromatic N) is 1. The van der Waals surface area contributed by atoms with E-state index in [1.54, 1.807) is 0 Å². The minimum absolute atomic E-state index is 0.101. The predicted molar refractivity (Wildman–Crippen MR) is 78.3 cm³/mol. The molecule has 1 aromatic heterocycles. The second-order valence-electron chi connectivity index (χ2n) is 4.63. The SMILES string of the molecule is CCOC(CCn1c(C)cc2ccccc21)OCC. The molecule has 0 amide bonds. The summed E-state index contributed by atoms with van der Waals surface area (Å²) in [5, 5.41) is 1.30. The van der Waals surface area contributed by atoms with E-state index in [2.05, 4.69) is 41.8 Å². The van der Waals surface area contributed by atoms with Crippen LogP contribution in [-0.4, -0.2) is 24.1 Å². The maximum absolute atomic E-state index is 5.60. The number of hydrogen-bond donors (Lipinski definition) is 0. The molecule has 2 aromatic rings. The van der Waals surface area contributed by atoms with Crippen LogP contribution >= 0.6 is 0 Å². The van der Waals surface area contributed by atoms with E-state index in [1.165, 1.54) is 16.6 Å². The lowest BCUT2D eigenvalue weighted by Gasteiger charge is -2.18. The van der Waals surface area contributed by atoms with Crippen molar-refractivity contribution in [2.45, 2.75) is 40.0 Å². The topological polar surface area (TPSA) is 23.4 Å². The average molecular weight is 261 g/mol. The van der Waals surface area contributed by atoms with Crippen LogP contribution in [0.4, 0.5) is 0 Å². The molecule has 0 spiro atoms. The first-order valence-electron chi connectivity index (χ1n) is 7.04. The van der Waals surface area contributed by atoms with Gasteiger partial charge in [-0.2, -0.15) is 0 Å². The number of rotatable bonds is 7. The Labute approximate surface area is 115 Å². The van der Waals surface area contributed by atoms with E-state index in [1.807, 2.05) is 13.8 Å². The van der Waals surface area contributed by atoms with Gasteiger partial charge in [0.05, 0.1) is 0 Å². The number of aryl methyl sites for hydroxylation is 2. The summed E-state index contributed by atoms with van der Waals surface area (Å²) in [6.07, 6.45) is 0.775. The summed E-state index contributed by atoms with van der Waals surface area (Å²) in [7, 11) is 0. The highest BCUT2D eigenvalue weighted by molar-refractivity contribution is 5.81. The molecule has 0 aliphatic heterocycles. The van der Waals surface area contributed by atoms with Gasteiger partial charge in [-0.3, -0.25) is 0 Å². The lowest BCUT2D eigenvalue weighted by atomic mass is 10.2. The summed E-state index contributed by atoms with van der Waals surface area (Å²) in [6.45, 7) is 8.46. The number of para-hydroxylation sites is 1. The molecule has 19 heavy (non-hydrogen) atoms. The fourth-order valence-corrected chi connectivity index (χ4v) is 2.47. The standard InChI is InChI=1S/C16H23NO2/c1-4-18-16(19-5-2)10-11-17-13(3)12-14-8-6-7-9-15(14)17/h6-9,12,16H,4-5,10-11H2,1-3H3. The maximum Gasteiger partial charge on any atom is 0.159 e. The summed E-state index contributed by atoms with van der Waals surface area (Å²) in [5.74, 6) is 0. The fourth-order valence-electron chi connectivity index (χ4n) is 2.47. The Kier molecular flexibility index (Phi) is 5.00. The second-order valence-corrected chi connectivity index (χ2v) is 4.63. The lowest BCUT2D eigenvalue weighted by Crippen LogP contribution is -2.19. The molecular formula is C16H23NO2. The average Bonchev–Trinajstić information content (AvgIpc) is 2.72. The summed E-state index contributed by atoms with van der Waals surface area (Å²) in [6, 6.07) is 10.7. The number of aromatic nitrogens is 1. The van der Waals surface area contributed by atoms with Crippen LogP contribution in [0.1, 0.15) is 26.0 Å². The van der Waals surface area contributed by atoms with Crippen LogP contribution in [0.25, 0.3) is 10.9 Å². The first kappa shape index (κ1) is 14.1. The first-order chi connectivity index (χ1) is 9.26. The zero-order valence-corrected chi connectivity index (χ0v) is 12.1. The van der Waals surface area contributed by atoms with Crippen molar-refractivity contribution in [2.75, 3.05) is 13.2 Å². The molecule has 0 saturated heterocycles. The van der Waals surface area contributed by atoms with E-state index in [9.17, 15) is 0 Å². The summed E-state index contributed by atoms with van der Waals surface area (Å²) < 4.78 is 13.5. The van der Waals surface area contributed by atoms with Gasteiger partial charge in [-0.15, -0.1) is 0 Å². The zero-order chi connectivity index (χ0) is 13.7. The van der Waals surface area contributed by atoms with Gasteiger partial charge in [-0.05, 0) is 38.3 Å². The van der Waals surface area contributed by atoms with Crippen LogP contribution in [0, 0.1) is 6.92 Å². The Balaban J connectivity index is 2.10. The van der Waals surface area contributed by atoms with Gasteiger partial charge in [0.25, 0.3) is 0 Å². The molecule has 0 N–H and O–H groups in total. The minimum atomic E-state index is -0.101. The number of fused-ring (bicyclic) bond motifs is 1. The van der Waals surface area contributed by atoms with Gasteiger partial charge in [0.1, 0.15) is 0 Å². The van der Waals surface area contributed by atoms with E-state index < -0.39 is 0 Å². The molecule has 0 fully saturated rings. The van der Waals surface area contributed by atoms with Crippen molar-refractivity contribution in [3.63, 3.8) is 0 Å². The normalized spacial score (nSPS) is 11.6. The third kappa shape index (κ3) is 3.37. The third-order valence-electron chi connectivity index (χ3n) is 3.31. The summed E-state index contributed by atoms with van der Waals surface area (Å²) in [5.41, 5.74) is 2.57. The first-order valence-corrected chi connectivity index (χ1v) is 7.04. The van der Waals surface area contributed by atoms with Crippen molar-refractivity contribution in [1.82, 2.24) is 4.57 Å². The van der Waals surface area contributed by atoms with Gasteiger partial charge < -0.3 is 14.0 Å². The highest BCUT2D eigenvalue weighted by Crippen LogP contribution is 2.20. The fraction of sp³-hybridized carbons (Fsp3) is 0.500. The summed E-state index contributed by atoms with van der Waals surface area (Å²) >= 11 is 0. The molecule has 0 atom stereocenters. The molecule has 3 heteroatoms. The summed E-state index contributed by atoms with van der Waals surface area (Å²) in [4.78, 5) is 0. The Bertz CT molecular complexity index is 512. The van der Waals surface area contributed by atoms with Gasteiger partial charge in [-0.1, -0.05) is 18.2 Å². The maximum atomic E-state index is 5.60. The highest BCUT2D eigenvalue weighted by atomic mass is 16.7. The quantitative estimate of drug-likeness (QED) is 0.709. The van der Waals surface area contributed by atoms with Crippen molar-refractivity contribution in [3.05, 3.63) is 36.0 Å². The van der Waals surface area contributed by atoms with Gasteiger partial charge in [0, 0.05) is 37.4 Å². The molecule has 0 saturated carbocycles. The van der Waals surface area contributed by atoms with Crippen LogP contribution in [0.3, 0.4) is 0 Å². The minimum Gasteiger partial charge on any atom is -0.353 e. The van der Waals surface area contributed by atoms with Crippen molar-refractivity contribution >= 4 is 10.9 Å². The molecule has 1 aromatic carbocycles. The largest absolute Gasteiger partial charge is 0.353 e. The van der Waals surface area contributed by atoms with Crippen molar-refractivity contribution in [1.29, 1.82) is 0 Å². The molecule has 3 nitrogen and oxygen atoms in total. The van der Waals surface area contributed by atoms with Gasteiger partial charge in [0.2, 0.25) is 0 Å². The van der Waals surface area contributed by atoms with Crippen LogP contribution in [0.5, 0.6) is 0 Å². The molecule has 104 valence electrons. The van der Waals surface area contributed by atoms with E-state index in [0.717, 1.165) is 13.0 Å².